The van der Waals surface area contributed by atoms with Gasteiger partial charge in [-0.2, -0.15) is 0 Å². The number of benzene rings is 1. The molecule has 0 atom stereocenters. The third-order valence-corrected chi connectivity index (χ3v) is 3.52. The lowest BCUT2D eigenvalue weighted by Crippen LogP contribution is -2.49. The van der Waals surface area contributed by atoms with E-state index in [4.69, 9.17) is 23.2 Å². The molecule has 94 valence electrons. The molecule has 5 heteroatoms. The van der Waals surface area contributed by atoms with Crippen LogP contribution in [0.25, 0.3) is 0 Å². The van der Waals surface area contributed by atoms with Crippen molar-refractivity contribution in [1.29, 1.82) is 0 Å². The summed E-state index contributed by atoms with van der Waals surface area (Å²) in [5.74, 6) is -0.265. The summed E-state index contributed by atoms with van der Waals surface area (Å²) < 4.78 is 13.3. The number of carbonyl (C=O) groups excluding carboxylic acids is 1. The van der Waals surface area contributed by atoms with Crippen molar-refractivity contribution in [3.63, 3.8) is 0 Å². The van der Waals surface area contributed by atoms with Gasteiger partial charge in [0.05, 0.1) is 12.0 Å². The molecule has 0 radical (unpaired) electrons. The second-order valence-corrected chi connectivity index (χ2v) is 4.68. The number of amides is 1. The van der Waals surface area contributed by atoms with Gasteiger partial charge in [0.2, 0.25) is 5.91 Å². The fourth-order valence-electron chi connectivity index (χ4n) is 1.30. The fourth-order valence-corrected chi connectivity index (χ4v) is 1.72. The zero-order valence-electron chi connectivity index (χ0n) is 9.47. The number of carbonyl (C=O) groups is 1. The van der Waals surface area contributed by atoms with Gasteiger partial charge >= 0.3 is 0 Å². The maximum Gasteiger partial charge on any atom is 0.225 e. The van der Waals surface area contributed by atoms with Crippen LogP contribution in [0.2, 0.25) is 0 Å². The molecule has 1 aromatic carbocycles. The first-order valence-electron chi connectivity index (χ1n) is 5.17. The minimum atomic E-state index is -0.661. The van der Waals surface area contributed by atoms with Gasteiger partial charge in [0, 0.05) is 11.8 Å². The third kappa shape index (κ3) is 4.17. The summed E-state index contributed by atoms with van der Waals surface area (Å²) in [7, 11) is 0. The maximum absolute atomic E-state index is 13.3. The van der Waals surface area contributed by atoms with Crippen LogP contribution in [0.5, 0.6) is 0 Å². The van der Waals surface area contributed by atoms with Crippen molar-refractivity contribution in [3.05, 3.63) is 35.6 Å². The van der Waals surface area contributed by atoms with E-state index in [9.17, 15) is 9.18 Å². The summed E-state index contributed by atoms with van der Waals surface area (Å²) in [6.45, 7) is 1.74. The molecule has 0 unspecified atom stereocenters. The molecule has 0 aliphatic rings. The predicted octanol–water partition coefficient (Wildman–Crippen LogP) is 2.72. The Kier molecular flexibility index (Phi) is 5.22. The van der Waals surface area contributed by atoms with Crippen molar-refractivity contribution in [2.45, 2.75) is 18.9 Å². The smallest absolute Gasteiger partial charge is 0.225 e. The van der Waals surface area contributed by atoms with Crippen LogP contribution in [0.3, 0.4) is 0 Å². The summed E-state index contributed by atoms with van der Waals surface area (Å²) in [5, 5.41) is 2.70. The van der Waals surface area contributed by atoms with Crippen LogP contribution in [-0.4, -0.2) is 23.2 Å². The van der Waals surface area contributed by atoms with Gasteiger partial charge in [-0.25, -0.2) is 4.39 Å². The number of alkyl halides is 2. The molecule has 0 aromatic heterocycles. The van der Waals surface area contributed by atoms with Gasteiger partial charge in [0.15, 0.2) is 0 Å². The first-order chi connectivity index (χ1) is 8.00. The highest BCUT2D eigenvalue weighted by atomic mass is 35.5. The van der Waals surface area contributed by atoms with Gasteiger partial charge in [-0.05, 0) is 18.6 Å². The molecule has 0 saturated heterocycles. The molecular formula is C12H14Cl2FNO. The Hall–Kier alpha value is -0.800. The largest absolute Gasteiger partial charge is 0.348 e. The highest BCUT2D eigenvalue weighted by Crippen LogP contribution is 2.11. The van der Waals surface area contributed by atoms with Crippen LogP contribution in [0.4, 0.5) is 4.39 Å². The van der Waals surface area contributed by atoms with Crippen LogP contribution in [0.15, 0.2) is 24.3 Å². The van der Waals surface area contributed by atoms with E-state index in [-0.39, 0.29) is 29.9 Å². The van der Waals surface area contributed by atoms with Crippen LogP contribution >= 0.6 is 23.2 Å². The van der Waals surface area contributed by atoms with E-state index in [0.717, 1.165) is 0 Å². The fraction of sp³-hybridized carbons (Fsp3) is 0.417. The van der Waals surface area contributed by atoms with Crippen LogP contribution in [0.1, 0.15) is 12.5 Å². The second kappa shape index (κ2) is 6.22. The van der Waals surface area contributed by atoms with Crippen LogP contribution < -0.4 is 5.32 Å². The van der Waals surface area contributed by atoms with Crippen LogP contribution in [0, 0.1) is 5.82 Å². The lowest BCUT2D eigenvalue weighted by Gasteiger charge is -2.25. The van der Waals surface area contributed by atoms with Gasteiger partial charge in [-0.15, -0.1) is 23.2 Å². The van der Waals surface area contributed by atoms with Crippen molar-refractivity contribution in [3.8, 4) is 0 Å². The average Bonchev–Trinajstić information content (AvgIpc) is 2.32. The SMILES string of the molecule is CC(CCl)(CCl)NC(=O)Cc1ccccc1F. The van der Waals surface area contributed by atoms with Gasteiger partial charge in [0.25, 0.3) is 0 Å². The number of rotatable bonds is 5. The molecule has 1 N–H and O–H groups in total. The molecule has 1 amide bonds. The van der Waals surface area contributed by atoms with Crippen molar-refractivity contribution in [1.82, 2.24) is 5.32 Å². The summed E-state index contributed by atoms with van der Waals surface area (Å²) in [6.07, 6.45) is -0.0178. The first kappa shape index (κ1) is 14.3. The van der Waals surface area contributed by atoms with Gasteiger partial charge < -0.3 is 5.32 Å². The molecule has 0 heterocycles. The molecule has 1 aromatic rings. The Balaban J connectivity index is 2.65. The number of halogens is 3. The predicted molar refractivity (Wildman–Crippen MR) is 68.1 cm³/mol. The molecule has 2 nitrogen and oxygen atoms in total. The van der Waals surface area contributed by atoms with E-state index < -0.39 is 5.54 Å². The summed E-state index contributed by atoms with van der Waals surface area (Å²) in [6, 6.07) is 6.17. The van der Waals surface area contributed by atoms with Gasteiger partial charge in [-0.3, -0.25) is 4.79 Å². The Morgan fingerprint density at radius 2 is 1.94 bits per heavy atom. The summed E-state index contributed by atoms with van der Waals surface area (Å²) in [5.41, 5.74) is -0.303. The molecule has 0 aliphatic heterocycles. The molecule has 0 spiro atoms. The molecule has 0 bridgehead atoms. The molecule has 17 heavy (non-hydrogen) atoms. The van der Waals surface area contributed by atoms with E-state index in [1.165, 1.54) is 6.07 Å². The quantitative estimate of drug-likeness (QED) is 0.824. The number of hydrogen-bond donors (Lipinski definition) is 1. The Bertz CT molecular complexity index is 394. The zero-order valence-corrected chi connectivity index (χ0v) is 11.0. The Labute approximate surface area is 110 Å². The number of nitrogens with one attached hydrogen (secondary N) is 1. The second-order valence-electron chi connectivity index (χ2n) is 4.14. The van der Waals surface area contributed by atoms with E-state index in [2.05, 4.69) is 5.32 Å². The Morgan fingerprint density at radius 1 is 1.35 bits per heavy atom. The molecule has 1 rings (SSSR count). The van der Waals surface area contributed by atoms with Gasteiger partial charge in [0.1, 0.15) is 5.82 Å². The van der Waals surface area contributed by atoms with E-state index >= 15 is 0 Å². The Morgan fingerprint density at radius 3 is 2.47 bits per heavy atom. The maximum atomic E-state index is 13.3. The summed E-state index contributed by atoms with van der Waals surface area (Å²) in [4.78, 5) is 11.7. The third-order valence-electron chi connectivity index (χ3n) is 2.34. The van der Waals surface area contributed by atoms with Crippen molar-refractivity contribution in [2.75, 3.05) is 11.8 Å². The lowest BCUT2D eigenvalue weighted by molar-refractivity contribution is -0.121. The van der Waals surface area contributed by atoms with E-state index in [0.29, 0.717) is 5.56 Å². The molecule has 0 fully saturated rings. The summed E-state index contributed by atoms with van der Waals surface area (Å²) >= 11 is 11.4. The topological polar surface area (TPSA) is 29.1 Å². The van der Waals surface area contributed by atoms with E-state index in [1.807, 2.05) is 0 Å². The van der Waals surface area contributed by atoms with Crippen molar-refractivity contribution < 1.29 is 9.18 Å². The van der Waals surface area contributed by atoms with Crippen LogP contribution in [-0.2, 0) is 11.2 Å². The van der Waals surface area contributed by atoms with Gasteiger partial charge in [-0.1, -0.05) is 18.2 Å². The zero-order chi connectivity index (χ0) is 12.9. The normalized spacial score (nSPS) is 11.3. The van der Waals surface area contributed by atoms with Crippen molar-refractivity contribution in [2.24, 2.45) is 0 Å². The monoisotopic (exact) mass is 277 g/mol. The standard InChI is InChI=1S/C12H14Cl2FNO/c1-12(7-13,8-14)16-11(17)6-9-4-2-3-5-10(9)15/h2-5H,6-8H2,1H3,(H,16,17). The first-order valence-corrected chi connectivity index (χ1v) is 6.24. The van der Waals surface area contributed by atoms with E-state index in [1.54, 1.807) is 25.1 Å². The minimum Gasteiger partial charge on any atom is -0.348 e. The molecule has 0 aliphatic carbocycles. The van der Waals surface area contributed by atoms with Crippen molar-refractivity contribution >= 4 is 29.1 Å². The molecular weight excluding hydrogens is 264 g/mol. The lowest BCUT2D eigenvalue weighted by atomic mass is 10.1. The highest BCUT2D eigenvalue weighted by Gasteiger charge is 2.24. The highest BCUT2D eigenvalue weighted by molar-refractivity contribution is 6.22. The number of hydrogen-bond acceptors (Lipinski definition) is 1. The average molecular weight is 278 g/mol. The molecule has 0 saturated carbocycles. The minimum absolute atomic E-state index is 0.0178.